The Hall–Kier alpha value is -1.96. The molecular weight excluding hydrogens is 234 g/mol. The summed E-state index contributed by atoms with van der Waals surface area (Å²) in [6.07, 6.45) is 1.08. The molecule has 0 bridgehead atoms. The molecule has 0 fully saturated rings. The van der Waals surface area contributed by atoms with Gasteiger partial charge >= 0.3 is 0 Å². The van der Waals surface area contributed by atoms with Gasteiger partial charge in [-0.3, -0.25) is 0 Å². The van der Waals surface area contributed by atoms with E-state index in [-0.39, 0.29) is 6.04 Å². The highest BCUT2D eigenvalue weighted by atomic mass is 16.5. The minimum Gasteiger partial charge on any atom is -0.489 e. The van der Waals surface area contributed by atoms with Crippen LogP contribution in [-0.2, 0) is 6.42 Å². The van der Waals surface area contributed by atoms with Crippen LogP contribution in [0.4, 0.5) is 5.69 Å². The fourth-order valence-corrected chi connectivity index (χ4v) is 2.45. The van der Waals surface area contributed by atoms with Gasteiger partial charge in [0.1, 0.15) is 12.4 Å². The molecule has 0 amide bonds. The lowest BCUT2D eigenvalue weighted by Gasteiger charge is -2.28. The predicted molar refractivity (Wildman–Crippen MR) is 78.9 cm³/mol. The van der Waals surface area contributed by atoms with Gasteiger partial charge in [0.25, 0.3) is 0 Å². The van der Waals surface area contributed by atoms with Crippen LogP contribution in [0.2, 0.25) is 0 Å². The minimum atomic E-state index is 0.236. The van der Waals surface area contributed by atoms with Crippen LogP contribution in [0, 0.1) is 6.92 Å². The standard InChI is InChI=1S/C17H19NO/c1-3-13-5-7-14(8-6-13)16-11-19-17-9-4-12(2)10-15(17)18-16/h4-10,16,18H,3,11H2,1-2H3/t16-/m0/s1. The van der Waals surface area contributed by atoms with Gasteiger partial charge in [-0.1, -0.05) is 37.3 Å². The molecule has 0 unspecified atom stereocenters. The second-order valence-corrected chi connectivity index (χ2v) is 5.10. The molecule has 2 nitrogen and oxygen atoms in total. The van der Waals surface area contributed by atoms with E-state index in [0.29, 0.717) is 6.61 Å². The Bertz CT molecular complexity index is 574. The Morgan fingerprint density at radius 3 is 2.68 bits per heavy atom. The first-order valence-corrected chi connectivity index (χ1v) is 6.85. The quantitative estimate of drug-likeness (QED) is 0.870. The van der Waals surface area contributed by atoms with Crippen molar-refractivity contribution in [3.8, 4) is 5.75 Å². The van der Waals surface area contributed by atoms with Crippen LogP contribution in [0.3, 0.4) is 0 Å². The van der Waals surface area contributed by atoms with Gasteiger partial charge in [0.15, 0.2) is 0 Å². The second-order valence-electron chi connectivity index (χ2n) is 5.10. The van der Waals surface area contributed by atoms with Crippen molar-refractivity contribution in [2.45, 2.75) is 26.3 Å². The Labute approximate surface area is 114 Å². The van der Waals surface area contributed by atoms with E-state index in [0.717, 1.165) is 17.9 Å². The average Bonchev–Trinajstić information content (AvgIpc) is 2.46. The predicted octanol–water partition coefficient (Wildman–Crippen LogP) is 4.10. The topological polar surface area (TPSA) is 21.3 Å². The smallest absolute Gasteiger partial charge is 0.142 e. The zero-order valence-electron chi connectivity index (χ0n) is 11.4. The summed E-state index contributed by atoms with van der Waals surface area (Å²) >= 11 is 0. The van der Waals surface area contributed by atoms with Crippen LogP contribution in [0.15, 0.2) is 42.5 Å². The summed E-state index contributed by atoms with van der Waals surface area (Å²) in [5, 5.41) is 3.57. The third kappa shape index (κ3) is 2.43. The maximum absolute atomic E-state index is 5.84. The maximum atomic E-state index is 5.84. The number of benzene rings is 2. The molecule has 0 radical (unpaired) electrons. The Balaban J connectivity index is 1.84. The Morgan fingerprint density at radius 2 is 1.95 bits per heavy atom. The van der Waals surface area contributed by atoms with Crippen LogP contribution in [-0.4, -0.2) is 6.61 Å². The third-order valence-corrected chi connectivity index (χ3v) is 3.66. The molecule has 2 heteroatoms. The van der Waals surface area contributed by atoms with E-state index in [2.05, 4.69) is 55.6 Å². The van der Waals surface area contributed by atoms with Crippen molar-refractivity contribution in [3.05, 3.63) is 59.2 Å². The molecule has 1 atom stereocenters. The monoisotopic (exact) mass is 253 g/mol. The van der Waals surface area contributed by atoms with Crippen molar-refractivity contribution in [1.82, 2.24) is 0 Å². The lowest BCUT2D eigenvalue weighted by Crippen LogP contribution is -2.23. The van der Waals surface area contributed by atoms with E-state index >= 15 is 0 Å². The number of hydrogen-bond donors (Lipinski definition) is 1. The van der Waals surface area contributed by atoms with Crippen molar-refractivity contribution in [2.24, 2.45) is 0 Å². The van der Waals surface area contributed by atoms with E-state index < -0.39 is 0 Å². The summed E-state index contributed by atoms with van der Waals surface area (Å²) in [5.74, 6) is 0.951. The number of aryl methyl sites for hydroxylation is 2. The molecule has 2 aromatic rings. The summed E-state index contributed by atoms with van der Waals surface area (Å²) in [6, 6.07) is 15.3. The highest BCUT2D eigenvalue weighted by Crippen LogP contribution is 2.34. The van der Waals surface area contributed by atoms with Gasteiger partial charge < -0.3 is 10.1 Å². The van der Waals surface area contributed by atoms with Crippen LogP contribution in [0.1, 0.15) is 29.7 Å². The average molecular weight is 253 g/mol. The van der Waals surface area contributed by atoms with Crippen LogP contribution in [0.5, 0.6) is 5.75 Å². The van der Waals surface area contributed by atoms with Gasteiger partial charge in [0.05, 0.1) is 11.7 Å². The number of fused-ring (bicyclic) bond motifs is 1. The number of ether oxygens (including phenoxy) is 1. The maximum Gasteiger partial charge on any atom is 0.142 e. The molecule has 3 rings (SSSR count). The zero-order valence-corrected chi connectivity index (χ0v) is 11.4. The molecule has 1 aliphatic rings. The highest BCUT2D eigenvalue weighted by molar-refractivity contribution is 5.60. The molecule has 98 valence electrons. The number of hydrogen-bond acceptors (Lipinski definition) is 2. The summed E-state index contributed by atoms with van der Waals surface area (Å²) < 4.78 is 5.84. The first-order chi connectivity index (χ1) is 9.26. The lowest BCUT2D eigenvalue weighted by molar-refractivity contribution is 0.286. The van der Waals surface area contributed by atoms with Crippen LogP contribution >= 0.6 is 0 Å². The van der Waals surface area contributed by atoms with Gasteiger partial charge in [-0.2, -0.15) is 0 Å². The van der Waals surface area contributed by atoms with E-state index in [1.165, 1.54) is 16.7 Å². The van der Waals surface area contributed by atoms with E-state index in [1.807, 2.05) is 6.07 Å². The summed E-state index contributed by atoms with van der Waals surface area (Å²) in [5.41, 5.74) is 4.99. The lowest BCUT2D eigenvalue weighted by atomic mass is 10.0. The van der Waals surface area contributed by atoms with Crippen molar-refractivity contribution >= 4 is 5.69 Å². The SMILES string of the molecule is CCc1ccc([C@@H]2COc3ccc(C)cc3N2)cc1. The van der Waals surface area contributed by atoms with E-state index in [1.54, 1.807) is 0 Å². The van der Waals surface area contributed by atoms with Crippen LogP contribution < -0.4 is 10.1 Å². The van der Waals surface area contributed by atoms with Gasteiger partial charge in [-0.25, -0.2) is 0 Å². The Kier molecular flexibility index (Phi) is 3.16. The van der Waals surface area contributed by atoms with Crippen molar-refractivity contribution in [1.29, 1.82) is 0 Å². The number of nitrogens with one attached hydrogen (secondary N) is 1. The summed E-state index contributed by atoms with van der Waals surface area (Å²) in [7, 11) is 0. The molecule has 2 aromatic carbocycles. The number of rotatable bonds is 2. The zero-order chi connectivity index (χ0) is 13.2. The first kappa shape index (κ1) is 12.1. The van der Waals surface area contributed by atoms with Gasteiger partial charge in [-0.05, 0) is 42.2 Å². The molecule has 0 saturated heterocycles. The molecule has 19 heavy (non-hydrogen) atoms. The molecular formula is C17H19NO. The molecule has 1 N–H and O–H groups in total. The minimum absolute atomic E-state index is 0.236. The number of anilines is 1. The molecule has 0 spiro atoms. The summed E-state index contributed by atoms with van der Waals surface area (Å²) in [4.78, 5) is 0. The van der Waals surface area contributed by atoms with E-state index in [4.69, 9.17) is 4.74 Å². The second kappa shape index (κ2) is 4.96. The van der Waals surface area contributed by atoms with Gasteiger partial charge in [0.2, 0.25) is 0 Å². The van der Waals surface area contributed by atoms with Crippen LogP contribution in [0.25, 0.3) is 0 Å². The fourth-order valence-electron chi connectivity index (χ4n) is 2.45. The van der Waals surface area contributed by atoms with Gasteiger partial charge in [0, 0.05) is 0 Å². The molecule has 1 heterocycles. The van der Waals surface area contributed by atoms with Crippen molar-refractivity contribution in [3.63, 3.8) is 0 Å². The molecule has 0 saturated carbocycles. The summed E-state index contributed by atoms with van der Waals surface area (Å²) in [6.45, 7) is 4.96. The highest BCUT2D eigenvalue weighted by Gasteiger charge is 2.20. The first-order valence-electron chi connectivity index (χ1n) is 6.85. The van der Waals surface area contributed by atoms with E-state index in [9.17, 15) is 0 Å². The third-order valence-electron chi connectivity index (χ3n) is 3.66. The molecule has 0 aliphatic carbocycles. The largest absolute Gasteiger partial charge is 0.489 e. The van der Waals surface area contributed by atoms with Crippen molar-refractivity contribution in [2.75, 3.05) is 11.9 Å². The normalized spacial score (nSPS) is 17.3. The Morgan fingerprint density at radius 1 is 1.16 bits per heavy atom. The van der Waals surface area contributed by atoms with Crippen molar-refractivity contribution < 1.29 is 4.74 Å². The molecule has 1 aliphatic heterocycles. The van der Waals surface area contributed by atoms with Gasteiger partial charge in [-0.15, -0.1) is 0 Å². The molecule has 0 aromatic heterocycles. The fraction of sp³-hybridized carbons (Fsp3) is 0.294.